The van der Waals surface area contributed by atoms with Crippen LogP contribution in [0.5, 0.6) is 0 Å². The number of hydrogen-bond donors (Lipinski definition) is 1. The van der Waals surface area contributed by atoms with Crippen LogP contribution < -0.4 is 0 Å². The first-order valence-electron chi connectivity index (χ1n) is 5.73. The third kappa shape index (κ3) is 6.16. The highest BCUT2D eigenvalue weighted by Crippen LogP contribution is 2.01. The normalized spacial score (nSPS) is 10.3. The molecule has 0 radical (unpaired) electrons. The Morgan fingerprint density at radius 1 is 1.11 bits per heavy atom. The number of hydrogen-bond acceptors (Lipinski definition) is 4. The number of carbonyl (C=O) groups excluding carboxylic acids is 2. The second-order valence-electron chi connectivity index (χ2n) is 3.72. The van der Waals surface area contributed by atoms with Crippen molar-refractivity contribution in [3.05, 3.63) is 42.0 Å². The van der Waals surface area contributed by atoms with Crippen molar-refractivity contribution in [2.75, 3.05) is 6.61 Å². The van der Waals surface area contributed by atoms with Gasteiger partial charge in [0.05, 0.1) is 6.42 Å². The number of Topliss-reactive ketones (excluding diaryl/α,β-unsaturated/α-hetero) is 1. The van der Waals surface area contributed by atoms with E-state index in [1.54, 1.807) is 12.2 Å². The molecule has 0 aliphatic heterocycles. The van der Waals surface area contributed by atoms with Crippen LogP contribution in [0.3, 0.4) is 0 Å². The predicted octanol–water partition coefficient (Wildman–Crippen LogP) is 1.68. The number of rotatable bonds is 7. The first kappa shape index (κ1) is 14.6. The number of benzene rings is 1. The van der Waals surface area contributed by atoms with Crippen molar-refractivity contribution < 1.29 is 24.2 Å². The first-order valence-corrected chi connectivity index (χ1v) is 5.73. The molecule has 19 heavy (non-hydrogen) atoms. The summed E-state index contributed by atoms with van der Waals surface area (Å²) in [5.41, 5.74) is 0.986. The molecule has 0 bridgehead atoms. The molecule has 0 amide bonds. The smallest absolute Gasteiger partial charge is 0.372 e. The Morgan fingerprint density at radius 3 is 2.42 bits per heavy atom. The van der Waals surface area contributed by atoms with Gasteiger partial charge in [-0.3, -0.25) is 9.59 Å². The molecule has 0 aliphatic carbocycles. The minimum Gasteiger partial charge on any atom is -0.476 e. The Hall–Kier alpha value is -2.43. The van der Waals surface area contributed by atoms with Gasteiger partial charge in [-0.25, -0.2) is 4.79 Å². The molecule has 0 saturated heterocycles. The summed E-state index contributed by atoms with van der Waals surface area (Å²) in [6.45, 7) is 0.0923. The monoisotopic (exact) mass is 262 g/mol. The molecule has 100 valence electrons. The van der Waals surface area contributed by atoms with Gasteiger partial charge in [0.2, 0.25) is 5.78 Å². The Morgan fingerprint density at radius 2 is 1.79 bits per heavy atom. The zero-order valence-corrected chi connectivity index (χ0v) is 10.2. The zero-order valence-electron chi connectivity index (χ0n) is 10.2. The predicted molar refractivity (Wildman–Crippen MR) is 68.3 cm³/mol. The van der Waals surface area contributed by atoms with Gasteiger partial charge in [0.1, 0.15) is 6.61 Å². The Balaban J connectivity index is 2.22. The Kier molecular flexibility index (Phi) is 6.02. The molecule has 0 aliphatic rings. The summed E-state index contributed by atoms with van der Waals surface area (Å²) in [6.07, 6.45) is 2.92. The van der Waals surface area contributed by atoms with Crippen LogP contribution in [0.2, 0.25) is 0 Å². The molecule has 1 aromatic rings. The minimum atomic E-state index is -1.53. The third-order valence-corrected chi connectivity index (χ3v) is 2.25. The van der Waals surface area contributed by atoms with Gasteiger partial charge in [-0.1, -0.05) is 36.4 Å². The quantitative estimate of drug-likeness (QED) is 0.597. The van der Waals surface area contributed by atoms with E-state index in [1.807, 2.05) is 30.3 Å². The molecule has 0 atom stereocenters. The Labute approximate surface area is 110 Å². The number of carboxylic acids is 1. The standard InChI is InChI=1S/C14H14O5/c15-12(14(17)18)8-9-13(16)19-10-4-7-11-5-2-1-3-6-11/h1-7H,8-10H2,(H,17,18)/b7-4+. The number of esters is 1. The second-order valence-corrected chi connectivity index (χ2v) is 3.72. The van der Waals surface area contributed by atoms with Crippen LogP contribution in [0, 0.1) is 0 Å². The van der Waals surface area contributed by atoms with Gasteiger partial charge in [0.25, 0.3) is 0 Å². The summed E-state index contributed by atoms with van der Waals surface area (Å²) < 4.78 is 4.82. The van der Waals surface area contributed by atoms with Crippen molar-refractivity contribution in [3.8, 4) is 0 Å². The third-order valence-electron chi connectivity index (χ3n) is 2.25. The van der Waals surface area contributed by atoms with Crippen LogP contribution in [0.1, 0.15) is 18.4 Å². The zero-order chi connectivity index (χ0) is 14.1. The molecule has 0 spiro atoms. The van der Waals surface area contributed by atoms with Crippen molar-refractivity contribution in [1.82, 2.24) is 0 Å². The maximum atomic E-state index is 11.2. The highest BCUT2D eigenvalue weighted by atomic mass is 16.5. The Bertz CT molecular complexity index is 476. The van der Waals surface area contributed by atoms with Crippen LogP contribution in [0.15, 0.2) is 36.4 Å². The van der Waals surface area contributed by atoms with Gasteiger partial charge in [0, 0.05) is 6.42 Å². The molecule has 1 N–H and O–H groups in total. The van der Waals surface area contributed by atoms with Gasteiger partial charge in [-0.15, -0.1) is 0 Å². The lowest BCUT2D eigenvalue weighted by Crippen LogP contribution is -2.15. The van der Waals surface area contributed by atoms with Crippen molar-refractivity contribution in [2.24, 2.45) is 0 Å². The fourth-order valence-electron chi connectivity index (χ4n) is 1.28. The average molecular weight is 262 g/mol. The molecule has 5 nitrogen and oxygen atoms in total. The van der Waals surface area contributed by atoms with E-state index in [9.17, 15) is 14.4 Å². The summed E-state index contributed by atoms with van der Waals surface area (Å²) in [4.78, 5) is 32.1. The number of carbonyl (C=O) groups is 3. The lowest BCUT2D eigenvalue weighted by atomic mass is 10.2. The lowest BCUT2D eigenvalue weighted by Gasteiger charge is -2.00. The molecule has 0 unspecified atom stereocenters. The highest BCUT2D eigenvalue weighted by Gasteiger charge is 2.13. The number of ether oxygens (including phenoxy) is 1. The number of aliphatic carboxylic acids is 1. The van der Waals surface area contributed by atoms with Crippen molar-refractivity contribution in [2.45, 2.75) is 12.8 Å². The molecule has 1 rings (SSSR count). The van der Waals surface area contributed by atoms with Gasteiger partial charge in [0.15, 0.2) is 0 Å². The molecule has 0 saturated carbocycles. The summed E-state index contributed by atoms with van der Waals surface area (Å²) in [5, 5.41) is 8.32. The molecule has 5 heteroatoms. The summed E-state index contributed by atoms with van der Waals surface area (Å²) in [6, 6.07) is 9.50. The minimum absolute atomic E-state index is 0.0923. The van der Waals surface area contributed by atoms with E-state index in [2.05, 4.69) is 0 Å². The SMILES string of the molecule is O=C(CCC(=O)C(=O)O)OC/C=C/c1ccccc1. The lowest BCUT2D eigenvalue weighted by molar-refractivity contribution is -0.150. The largest absolute Gasteiger partial charge is 0.476 e. The topological polar surface area (TPSA) is 80.7 Å². The van der Waals surface area contributed by atoms with Gasteiger partial charge >= 0.3 is 11.9 Å². The van der Waals surface area contributed by atoms with E-state index in [1.165, 1.54) is 0 Å². The number of ketones is 1. The van der Waals surface area contributed by atoms with Gasteiger partial charge < -0.3 is 9.84 Å². The van der Waals surface area contributed by atoms with Crippen LogP contribution in [-0.4, -0.2) is 29.4 Å². The second kappa shape index (κ2) is 7.81. The van der Waals surface area contributed by atoms with Crippen molar-refractivity contribution in [3.63, 3.8) is 0 Å². The highest BCUT2D eigenvalue weighted by molar-refractivity contribution is 6.32. The van der Waals surface area contributed by atoms with Crippen molar-refractivity contribution >= 4 is 23.8 Å². The molecule has 0 fully saturated rings. The maximum absolute atomic E-state index is 11.2. The summed E-state index contributed by atoms with van der Waals surface area (Å²) >= 11 is 0. The van der Waals surface area contributed by atoms with Crippen molar-refractivity contribution in [1.29, 1.82) is 0 Å². The van der Waals surface area contributed by atoms with E-state index in [0.717, 1.165) is 5.56 Å². The molecule has 0 heterocycles. The van der Waals surface area contributed by atoms with Crippen LogP contribution in [-0.2, 0) is 19.1 Å². The van der Waals surface area contributed by atoms with Gasteiger partial charge in [-0.05, 0) is 11.6 Å². The fraction of sp³-hybridized carbons (Fsp3) is 0.214. The van der Waals surface area contributed by atoms with E-state index in [0.29, 0.717) is 0 Å². The average Bonchev–Trinajstić information content (AvgIpc) is 2.42. The van der Waals surface area contributed by atoms with Crippen LogP contribution in [0.4, 0.5) is 0 Å². The number of carboxylic acid groups (broad SMARTS) is 1. The summed E-state index contributed by atoms with van der Waals surface area (Å²) in [5.74, 6) is -3.11. The van der Waals surface area contributed by atoms with Crippen LogP contribution in [0.25, 0.3) is 6.08 Å². The summed E-state index contributed by atoms with van der Waals surface area (Å²) in [7, 11) is 0. The van der Waals surface area contributed by atoms with Gasteiger partial charge in [-0.2, -0.15) is 0 Å². The molecular formula is C14H14O5. The molecule has 1 aromatic carbocycles. The first-order chi connectivity index (χ1) is 9.09. The van der Waals surface area contributed by atoms with Crippen LogP contribution >= 0.6 is 0 Å². The molecular weight excluding hydrogens is 248 g/mol. The van der Waals surface area contributed by atoms with E-state index < -0.39 is 17.7 Å². The van der Waals surface area contributed by atoms with E-state index in [4.69, 9.17) is 9.84 Å². The maximum Gasteiger partial charge on any atom is 0.372 e. The van der Waals surface area contributed by atoms with E-state index >= 15 is 0 Å². The van der Waals surface area contributed by atoms with E-state index in [-0.39, 0.29) is 19.4 Å². The fourth-order valence-corrected chi connectivity index (χ4v) is 1.28. The molecule has 0 aromatic heterocycles.